The first-order valence-electron chi connectivity index (χ1n) is 10.2. The number of carbonyl (C=O) groups is 2. The zero-order valence-corrected chi connectivity index (χ0v) is 17.0. The highest BCUT2D eigenvalue weighted by atomic mass is 16.5. The molecule has 2 amide bonds. The standard InChI is InChI=1S/C24H25N3O3/c1-30-18-9-6-16(7-10-18)8-11-23(28)27-13-12-17(15-27)22-14-20(24(25)29)19-4-2-3-5-21(19)26-22/h2-7,9-10,14,17H,8,11-13,15H2,1H3,(H2,25,29)/t17-/m1/s1. The van der Waals surface area contributed by atoms with E-state index in [4.69, 9.17) is 15.5 Å². The lowest BCUT2D eigenvalue weighted by Crippen LogP contribution is -2.28. The molecule has 30 heavy (non-hydrogen) atoms. The summed E-state index contributed by atoms with van der Waals surface area (Å²) in [5.74, 6) is 0.604. The highest BCUT2D eigenvalue weighted by Gasteiger charge is 2.28. The van der Waals surface area contributed by atoms with E-state index in [2.05, 4.69) is 0 Å². The molecular weight excluding hydrogens is 378 g/mol. The van der Waals surface area contributed by atoms with E-state index in [0.717, 1.165) is 34.3 Å². The average molecular weight is 403 g/mol. The molecule has 1 aliphatic rings. The molecule has 0 aliphatic carbocycles. The number of likely N-dealkylation sites (tertiary alicyclic amines) is 1. The highest BCUT2D eigenvalue weighted by molar-refractivity contribution is 6.05. The third kappa shape index (κ3) is 4.13. The molecule has 1 fully saturated rings. The molecule has 1 aliphatic heterocycles. The van der Waals surface area contributed by atoms with Crippen molar-refractivity contribution in [3.05, 3.63) is 71.4 Å². The van der Waals surface area contributed by atoms with Gasteiger partial charge in [-0.25, -0.2) is 0 Å². The van der Waals surface area contributed by atoms with Gasteiger partial charge in [-0.05, 0) is 42.7 Å². The van der Waals surface area contributed by atoms with E-state index in [0.29, 0.717) is 31.5 Å². The predicted octanol–water partition coefficient (Wildman–Crippen LogP) is 3.29. The zero-order valence-electron chi connectivity index (χ0n) is 17.0. The van der Waals surface area contributed by atoms with Crippen LogP contribution in [0.3, 0.4) is 0 Å². The zero-order chi connectivity index (χ0) is 21.1. The van der Waals surface area contributed by atoms with Gasteiger partial charge in [0.1, 0.15) is 5.75 Å². The number of aromatic nitrogens is 1. The molecule has 6 nitrogen and oxygen atoms in total. The molecule has 4 rings (SSSR count). The smallest absolute Gasteiger partial charge is 0.249 e. The lowest BCUT2D eigenvalue weighted by atomic mass is 9.99. The number of carbonyl (C=O) groups excluding carboxylic acids is 2. The number of nitrogens with two attached hydrogens (primary N) is 1. The van der Waals surface area contributed by atoms with Crippen molar-refractivity contribution < 1.29 is 14.3 Å². The number of hydrogen-bond donors (Lipinski definition) is 1. The maximum atomic E-state index is 12.7. The molecule has 2 aromatic carbocycles. The Balaban J connectivity index is 1.43. The minimum atomic E-state index is -0.458. The quantitative estimate of drug-likeness (QED) is 0.684. The minimum absolute atomic E-state index is 0.109. The second-order valence-electron chi connectivity index (χ2n) is 7.65. The van der Waals surface area contributed by atoms with Crippen LogP contribution in [0.5, 0.6) is 5.75 Å². The summed E-state index contributed by atoms with van der Waals surface area (Å²) in [6, 6.07) is 17.1. The van der Waals surface area contributed by atoms with Crippen LogP contribution in [0.2, 0.25) is 0 Å². The van der Waals surface area contributed by atoms with E-state index in [9.17, 15) is 9.59 Å². The molecule has 1 atom stereocenters. The van der Waals surface area contributed by atoms with Gasteiger partial charge in [0.15, 0.2) is 0 Å². The summed E-state index contributed by atoms with van der Waals surface area (Å²) < 4.78 is 5.17. The molecule has 3 aromatic rings. The second kappa shape index (κ2) is 8.53. The van der Waals surface area contributed by atoms with E-state index in [-0.39, 0.29) is 11.8 Å². The van der Waals surface area contributed by atoms with Crippen LogP contribution in [-0.2, 0) is 11.2 Å². The minimum Gasteiger partial charge on any atom is -0.497 e. The molecule has 2 heterocycles. The molecule has 0 spiro atoms. The first-order valence-corrected chi connectivity index (χ1v) is 10.2. The number of aryl methyl sites for hydroxylation is 1. The predicted molar refractivity (Wildman–Crippen MR) is 116 cm³/mol. The first-order chi connectivity index (χ1) is 14.5. The summed E-state index contributed by atoms with van der Waals surface area (Å²) >= 11 is 0. The van der Waals surface area contributed by atoms with Crippen LogP contribution in [0.1, 0.15) is 40.4 Å². The number of rotatable bonds is 6. The Kier molecular flexibility index (Phi) is 5.65. The summed E-state index contributed by atoms with van der Waals surface area (Å²) in [4.78, 5) is 31.3. The SMILES string of the molecule is COc1ccc(CCC(=O)N2CC[C@@H](c3cc(C(N)=O)c4ccccc4n3)C2)cc1. The van der Waals surface area contributed by atoms with Crippen molar-refractivity contribution in [3.8, 4) is 5.75 Å². The number of ether oxygens (including phenoxy) is 1. The van der Waals surface area contributed by atoms with Crippen LogP contribution in [0.4, 0.5) is 0 Å². The van der Waals surface area contributed by atoms with Gasteiger partial charge in [0.05, 0.1) is 18.2 Å². The van der Waals surface area contributed by atoms with Crippen molar-refractivity contribution in [2.24, 2.45) is 5.73 Å². The van der Waals surface area contributed by atoms with Crippen LogP contribution >= 0.6 is 0 Å². The van der Waals surface area contributed by atoms with Crippen molar-refractivity contribution in [2.75, 3.05) is 20.2 Å². The van der Waals surface area contributed by atoms with Crippen molar-refractivity contribution in [1.82, 2.24) is 9.88 Å². The van der Waals surface area contributed by atoms with Crippen LogP contribution < -0.4 is 10.5 Å². The van der Waals surface area contributed by atoms with Gasteiger partial charge in [-0.2, -0.15) is 0 Å². The highest BCUT2D eigenvalue weighted by Crippen LogP contribution is 2.29. The van der Waals surface area contributed by atoms with E-state index in [1.165, 1.54) is 0 Å². The second-order valence-corrected chi connectivity index (χ2v) is 7.65. The summed E-state index contributed by atoms with van der Waals surface area (Å²) in [6.45, 7) is 1.32. The Morgan fingerprint density at radius 3 is 2.67 bits per heavy atom. The first kappa shape index (κ1) is 19.9. The Labute approximate surface area is 175 Å². The van der Waals surface area contributed by atoms with Crippen LogP contribution in [-0.4, -0.2) is 41.9 Å². The van der Waals surface area contributed by atoms with Crippen LogP contribution in [0.15, 0.2) is 54.6 Å². The van der Waals surface area contributed by atoms with Gasteiger partial charge in [0, 0.05) is 36.5 Å². The number of fused-ring (bicyclic) bond motifs is 1. The largest absolute Gasteiger partial charge is 0.497 e. The molecule has 6 heteroatoms. The normalized spacial score (nSPS) is 16.0. The van der Waals surface area contributed by atoms with Gasteiger partial charge in [0.2, 0.25) is 11.8 Å². The van der Waals surface area contributed by atoms with Crippen molar-refractivity contribution >= 4 is 22.7 Å². The summed E-state index contributed by atoms with van der Waals surface area (Å²) in [6.07, 6.45) is 2.00. The number of amides is 2. The Morgan fingerprint density at radius 1 is 1.17 bits per heavy atom. The van der Waals surface area contributed by atoms with E-state index < -0.39 is 5.91 Å². The molecule has 2 N–H and O–H groups in total. The Bertz CT molecular complexity index is 1080. The molecule has 0 unspecified atom stereocenters. The lowest BCUT2D eigenvalue weighted by molar-refractivity contribution is -0.130. The number of hydrogen-bond acceptors (Lipinski definition) is 4. The third-order valence-corrected chi connectivity index (χ3v) is 5.75. The monoisotopic (exact) mass is 403 g/mol. The number of para-hydroxylation sites is 1. The van der Waals surface area contributed by atoms with Gasteiger partial charge in [-0.1, -0.05) is 30.3 Å². The third-order valence-electron chi connectivity index (χ3n) is 5.75. The number of methoxy groups -OCH3 is 1. The maximum absolute atomic E-state index is 12.7. The van der Waals surface area contributed by atoms with Crippen molar-refractivity contribution in [2.45, 2.75) is 25.2 Å². The summed E-state index contributed by atoms with van der Waals surface area (Å²) in [5.41, 5.74) is 8.78. The number of benzene rings is 2. The number of primary amides is 1. The fourth-order valence-corrected chi connectivity index (χ4v) is 4.04. The van der Waals surface area contributed by atoms with Crippen LogP contribution in [0.25, 0.3) is 10.9 Å². The number of pyridine rings is 1. The van der Waals surface area contributed by atoms with Crippen LogP contribution in [0, 0.1) is 0 Å². The molecule has 0 saturated carbocycles. The summed E-state index contributed by atoms with van der Waals surface area (Å²) in [5, 5.41) is 0.763. The topological polar surface area (TPSA) is 85.5 Å². The summed E-state index contributed by atoms with van der Waals surface area (Å²) in [7, 11) is 1.64. The fourth-order valence-electron chi connectivity index (χ4n) is 4.04. The maximum Gasteiger partial charge on any atom is 0.249 e. The fraction of sp³-hybridized carbons (Fsp3) is 0.292. The van der Waals surface area contributed by atoms with Gasteiger partial charge in [0.25, 0.3) is 0 Å². The van der Waals surface area contributed by atoms with Gasteiger partial charge >= 0.3 is 0 Å². The van der Waals surface area contributed by atoms with Crippen molar-refractivity contribution in [3.63, 3.8) is 0 Å². The molecular formula is C24H25N3O3. The van der Waals surface area contributed by atoms with Gasteiger partial charge in [-0.3, -0.25) is 14.6 Å². The molecule has 154 valence electrons. The van der Waals surface area contributed by atoms with E-state index in [1.807, 2.05) is 53.4 Å². The van der Waals surface area contributed by atoms with Gasteiger partial charge in [-0.15, -0.1) is 0 Å². The van der Waals surface area contributed by atoms with E-state index in [1.54, 1.807) is 13.2 Å². The average Bonchev–Trinajstić information content (AvgIpc) is 3.27. The Hall–Kier alpha value is -3.41. The lowest BCUT2D eigenvalue weighted by Gasteiger charge is -2.17. The van der Waals surface area contributed by atoms with E-state index >= 15 is 0 Å². The number of nitrogens with zero attached hydrogens (tertiary/aromatic N) is 2. The molecule has 0 radical (unpaired) electrons. The molecule has 1 saturated heterocycles. The molecule has 1 aromatic heterocycles. The Morgan fingerprint density at radius 2 is 1.93 bits per heavy atom. The van der Waals surface area contributed by atoms with Gasteiger partial charge < -0.3 is 15.4 Å². The van der Waals surface area contributed by atoms with Crippen molar-refractivity contribution in [1.29, 1.82) is 0 Å². The molecule has 0 bridgehead atoms.